The molecule has 0 aliphatic carbocycles. The topological polar surface area (TPSA) is 92.8 Å². The molecule has 0 aromatic heterocycles. The lowest BCUT2D eigenvalue weighted by Crippen LogP contribution is -2.46. The minimum Gasteiger partial charge on any atom is -0.489 e. The molecular weight excluding hydrogens is 536 g/mol. The first-order valence-electron chi connectivity index (χ1n) is 13.3. The van der Waals surface area contributed by atoms with Crippen molar-refractivity contribution >= 4 is 33.6 Å². The number of ether oxygens (including phenoxy) is 1. The van der Waals surface area contributed by atoms with Gasteiger partial charge in [-0.15, -0.1) is 0 Å². The van der Waals surface area contributed by atoms with Crippen LogP contribution in [0.2, 0.25) is 0 Å². The Morgan fingerprint density at radius 1 is 0.829 bits per heavy atom. The number of nitrogens with zero attached hydrogens (tertiary/aromatic N) is 1. The third kappa shape index (κ3) is 8.65. The van der Waals surface area contributed by atoms with Gasteiger partial charge in [0.25, 0.3) is 10.0 Å². The first-order chi connectivity index (χ1) is 19.8. The van der Waals surface area contributed by atoms with Gasteiger partial charge in [-0.3, -0.25) is 9.59 Å². The molecule has 0 spiro atoms. The molecule has 0 heterocycles. The van der Waals surface area contributed by atoms with Gasteiger partial charge in [0.15, 0.2) is 0 Å². The highest BCUT2D eigenvalue weighted by Gasteiger charge is 2.33. The monoisotopic (exact) mass is 568 g/mol. The molecule has 8 heteroatoms. The Morgan fingerprint density at radius 3 is 2.10 bits per heavy atom. The molecule has 2 amide bonds. The van der Waals surface area contributed by atoms with Gasteiger partial charge in [-0.05, 0) is 60.4 Å². The lowest BCUT2D eigenvalue weighted by Gasteiger charge is -2.26. The Hall–Kier alpha value is -4.69. The van der Waals surface area contributed by atoms with Crippen molar-refractivity contribution in [2.45, 2.75) is 20.0 Å². The number of hydrogen-bond acceptors (Lipinski definition) is 5. The maximum absolute atomic E-state index is 13.8. The highest BCUT2D eigenvalue weighted by Crippen LogP contribution is 2.22. The van der Waals surface area contributed by atoms with E-state index in [1.54, 1.807) is 79.7 Å². The molecule has 0 saturated heterocycles. The second-order valence-corrected chi connectivity index (χ2v) is 10.9. The van der Waals surface area contributed by atoms with Gasteiger partial charge in [0, 0.05) is 12.2 Å². The van der Waals surface area contributed by atoms with Crippen molar-refractivity contribution in [3.63, 3.8) is 0 Å². The highest BCUT2D eigenvalue weighted by atomic mass is 32.2. The molecule has 0 fully saturated rings. The van der Waals surface area contributed by atoms with Gasteiger partial charge in [0.2, 0.25) is 11.8 Å². The zero-order valence-corrected chi connectivity index (χ0v) is 23.5. The predicted octanol–water partition coefficient (Wildman–Crippen LogP) is 5.59. The van der Waals surface area contributed by atoms with Crippen molar-refractivity contribution in [2.24, 2.45) is 5.92 Å². The van der Waals surface area contributed by atoms with Crippen molar-refractivity contribution in [3.05, 3.63) is 137 Å². The number of benzene rings is 4. The summed E-state index contributed by atoms with van der Waals surface area (Å²) in [6.45, 7) is 2.46. The quantitative estimate of drug-likeness (QED) is 0.225. The first-order valence-corrected chi connectivity index (χ1v) is 14.8. The lowest BCUT2D eigenvalue weighted by molar-refractivity contribution is -0.132. The first kappa shape index (κ1) is 29.3. The fourth-order valence-corrected chi connectivity index (χ4v) is 5.10. The fraction of sp³-hybridized carbons (Fsp3) is 0.152. The zero-order valence-electron chi connectivity index (χ0n) is 22.7. The zero-order chi connectivity index (χ0) is 29.1. The molecule has 1 atom stereocenters. The second-order valence-electron chi connectivity index (χ2n) is 9.32. The average molecular weight is 569 g/mol. The van der Waals surface area contributed by atoms with Crippen LogP contribution in [0.3, 0.4) is 0 Å². The predicted molar refractivity (Wildman–Crippen MR) is 161 cm³/mol. The van der Waals surface area contributed by atoms with E-state index in [4.69, 9.17) is 4.74 Å². The Labute approximate surface area is 241 Å². The van der Waals surface area contributed by atoms with Crippen LogP contribution in [-0.2, 0) is 32.6 Å². The van der Waals surface area contributed by atoms with E-state index >= 15 is 0 Å². The summed E-state index contributed by atoms with van der Waals surface area (Å²) in [4.78, 5) is 28.7. The molecule has 1 N–H and O–H groups in total. The lowest BCUT2D eigenvalue weighted by atomic mass is 9.96. The third-order valence-corrected chi connectivity index (χ3v) is 7.31. The number of rotatable bonds is 12. The smallest absolute Gasteiger partial charge is 0.257 e. The molecule has 41 heavy (non-hydrogen) atoms. The van der Waals surface area contributed by atoms with E-state index in [-0.39, 0.29) is 6.42 Å². The van der Waals surface area contributed by atoms with E-state index in [1.165, 1.54) is 11.0 Å². The summed E-state index contributed by atoms with van der Waals surface area (Å²) in [6.07, 6.45) is 1.37. The molecule has 0 aliphatic rings. The van der Waals surface area contributed by atoms with Crippen molar-refractivity contribution in [3.8, 4) is 5.75 Å². The number of carbonyl (C=O) groups excluding carboxylic acids is 2. The van der Waals surface area contributed by atoms with Crippen LogP contribution >= 0.6 is 0 Å². The van der Waals surface area contributed by atoms with E-state index < -0.39 is 27.8 Å². The van der Waals surface area contributed by atoms with E-state index in [0.717, 1.165) is 11.0 Å². The van der Waals surface area contributed by atoms with Gasteiger partial charge < -0.3 is 9.64 Å². The van der Waals surface area contributed by atoms with E-state index in [1.807, 2.05) is 42.5 Å². The highest BCUT2D eigenvalue weighted by molar-refractivity contribution is 7.93. The van der Waals surface area contributed by atoms with Crippen LogP contribution in [0.25, 0.3) is 6.08 Å². The molecule has 4 aromatic carbocycles. The maximum atomic E-state index is 13.8. The van der Waals surface area contributed by atoms with Crippen LogP contribution in [-0.4, -0.2) is 26.8 Å². The van der Waals surface area contributed by atoms with Crippen LogP contribution in [0.5, 0.6) is 5.75 Å². The molecule has 0 saturated carbocycles. The molecule has 210 valence electrons. The van der Waals surface area contributed by atoms with E-state index in [2.05, 4.69) is 4.72 Å². The van der Waals surface area contributed by atoms with Gasteiger partial charge in [-0.2, -0.15) is 0 Å². The Balaban J connectivity index is 1.57. The number of sulfonamides is 1. The largest absolute Gasteiger partial charge is 0.489 e. The Morgan fingerprint density at radius 2 is 1.44 bits per heavy atom. The van der Waals surface area contributed by atoms with Crippen molar-refractivity contribution in [1.29, 1.82) is 0 Å². The van der Waals surface area contributed by atoms with Gasteiger partial charge in [-0.25, -0.2) is 13.1 Å². The van der Waals surface area contributed by atoms with E-state index in [9.17, 15) is 18.0 Å². The SMILES string of the molecule is CCN(C(=O)C(Cc1cccc(OCc2ccccc2)c1)C(=O)NS(=O)(=O)C=Cc1ccccc1)c1ccccc1. The van der Waals surface area contributed by atoms with Gasteiger partial charge in [0.05, 0.1) is 5.41 Å². The molecule has 0 aliphatic heterocycles. The number of carbonyl (C=O) groups is 2. The van der Waals surface area contributed by atoms with Crippen LogP contribution in [0.15, 0.2) is 121 Å². The summed E-state index contributed by atoms with van der Waals surface area (Å²) in [6, 6.07) is 34.7. The standard InChI is InChI=1S/C33H32N2O5S/c1-2-35(29-18-10-5-11-19-29)33(37)31(32(36)34-41(38,39)22-21-26-13-6-3-7-14-26)24-28-17-12-20-30(23-28)40-25-27-15-8-4-9-16-27/h3-23,31H,2,24-25H2,1H3,(H,34,36). The van der Waals surface area contributed by atoms with Gasteiger partial charge >= 0.3 is 0 Å². The molecule has 7 nitrogen and oxygen atoms in total. The summed E-state index contributed by atoms with van der Waals surface area (Å²) in [7, 11) is -4.17. The number of nitrogens with one attached hydrogen (secondary N) is 1. The normalized spacial score (nSPS) is 12.0. The number of hydrogen-bond donors (Lipinski definition) is 1. The average Bonchev–Trinajstić information content (AvgIpc) is 3.00. The molecular formula is C33H32N2O5S. The summed E-state index contributed by atoms with van der Waals surface area (Å²) >= 11 is 0. The molecule has 0 bridgehead atoms. The molecule has 4 rings (SSSR count). The fourth-order valence-electron chi connectivity index (χ4n) is 4.27. The Kier molecular flexibility index (Phi) is 10.1. The summed E-state index contributed by atoms with van der Waals surface area (Å²) < 4.78 is 33.6. The molecule has 4 aromatic rings. The number of amides is 2. The minimum atomic E-state index is -4.17. The van der Waals surface area contributed by atoms with Crippen molar-refractivity contribution in [2.75, 3.05) is 11.4 Å². The van der Waals surface area contributed by atoms with Gasteiger partial charge in [0.1, 0.15) is 18.3 Å². The van der Waals surface area contributed by atoms with E-state index in [0.29, 0.717) is 35.7 Å². The van der Waals surface area contributed by atoms with Crippen LogP contribution in [0.4, 0.5) is 5.69 Å². The number of para-hydroxylation sites is 1. The van der Waals surface area contributed by atoms with Crippen LogP contribution in [0, 0.1) is 5.92 Å². The van der Waals surface area contributed by atoms with Crippen molar-refractivity contribution < 1.29 is 22.7 Å². The molecule has 1 unspecified atom stereocenters. The summed E-state index contributed by atoms with van der Waals surface area (Å²) in [5.74, 6) is -2.14. The van der Waals surface area contributed by atoms with Crippen LogP contribution < -0.4 is 14.4 Å². The second kappa shape index (κ2) is 14.1. The Bertz CT molecular complexity index is 1570. The van der Waals surface area contributed by atoms with Crippen molar-refractivity contribution in [1.82, 2.24) is 4.72 Å². The maximum Gasteiger partial charge on any atom is 0.257 e. The summed E-state index contributed by atoms with van der Waals surface area (Å²) in [5.41, 5.74) is 2.93. The summed E-state index contributed by atoms with van der Waals surface area (Å²) in [5, 5.41) is 0.925. The van der Waals surface area contributed by atoms with Crippen LogP contribution in [0.1, 0.15) is 23.6 Å². The van der Waals surface area contributed by atoms with Gasteiger partial charge in [-0.1, -0.05) is 91.0 Å². The molecule has 0 radical (unpaired) electrons. The minimum absolute atomic E-state index is 0.0194. The number of anilines is 1. The third-order valence-electron chi connectivity index (χ3n) is 6.33.